The molecule has 0 unspecified atom stereocenters. The summed E-state index contributed by atoms with van der Waals surface area (Å²) in [6.07, 6.45) is 0.307. The van der Waals surface area contributed by atoms with E-state index in [9.17, 15) is 13.2 Å². The normalized spacial score (nSPS) is 14.4. The van der Waals surface area contributed by atoms with Gasteiger partial charge in [-0.1, -0.05) is 0 Å². The maximum Gasteiger partial charge on any atom is 0.419 e. The smallest absolute Gasteiger partial charge is 0.381 e. The highest BCUT2D eigenvalue weighted by Crippen LogP contribution is 2.33. The van der Waals surface area contributed by atoms with Crippen LogP contribution in [0.15, 0.2) is 23.3 Å². The van der Waals surface area contributed by atoms with Crippen LogP contribution in [0.5, 0.6) is 0 Å². The van der Waals surface area contributed by atoms with E-state index in [1.807, 2.05) is 6.92 Å². The molecule has 0 amide bonds. The Labute approximate surface area is 181 Å². The van der Waals surface area contributed by atoms with E-state index >= 15 is 0 Å². The molecule has 1 fully saturated rings. The Bertz CT molecular complexity index is 597. The van der Waals surface area contributed by atoms with E-state index in [0.29, 0.717) is 32.2 Å². The molecule has 0 atom stereocenters. The molecule has 6 nitrogen and oxygen atoms in total. The van der Waals surface area contributed by atoms with Crippen LogP contribution in [0, 0.1) is 5.92 Å². The lowest BCUT2D eigenvalue weighted by Crippen LogP contribution is -2.39. The summed E-state index contributed by atoms with van der Waals surface area (Å²) in [4.78, 5) is 8.21. The fourth-order valence-corrected chi connectivity index (χ4v) is 2.37. The summed E-state index contributed by atoms with van der Waals surface area (Å²) in [5, 5.41) is 8.93. The second-order valence-electron chi connectivity index (χ2n) is 6.38. The van der Waals surface area contributed by atoms with Crippen molar-refractivity contribution in [1.82, 2.24) is 15.6 Å². The molecule has 1 aromatic heterocycles. The van der Waals surface area contributed by atoms with Gasteiger partial charge in [0, 0.05) is 45.6 Å². The average molecular weight is 515 g/mol. The van der Waals surface area contributed by atoms with Crippen LogP contribution >= 0.6 is 24.0 Å². The molecule has 0 bridgehead atoms. The van der Waals surface area contributed by atoms with Crippen molar-refractivity contribution in [3.63, 3.8) is 0 Å². The van der Waals surface area contributed by atoms with Crippen molar-refractivity contribution < 1.29 is 17.9 Å². The monoisotopic (exact) mass is 515 g/mol. The van der Waals surface area contributed by atoms with Gasteiger partial charge >= 0.3 is 6.18 Å². The number of alkyl halides is 3. The molecule has 2 rings (SSSR count). The van der Waals surface area contributed by atoms with Crippen LogP contribution in [0.4, 0.5) is 19.0 Å². The van der Waals surface area contributed by atoms with Gasteiger partial charge in [-0.2, -0.15) is 13.2 Å². The van der Waals surface area contributed by atoms with E-state index in [2.05, 4.69) is 25.9 Å². The van der Waals surface area contributed by atoms with Gasteiger partial charge < -0.3 is 20.7 Å². The number of anilines is 1. The molecule has 1 aromatic rings. The highest BCUT2D eigenvalue weighted by Gasteiger charge is 2.33. The third kappa shape index (κ3) is 9.76. The number of aliphatic imine (C=N–C) groups is 1. The van der Waals surface area contributed by atoms with Crippen LogP contribution in [0.2, 0.25) is 0 Å². The third-order valence-electron chi connectivity index (χ3n) is 3.93. The Kier molecular flexibility index (Phi) is 11.5. The molecule has 1 heterocycles. The predicted molar refractivity (Wildman–Crippen MR) is 115 cm³/mol. The fourth-order valence-electron chi connectivity index (χ4n) is 2.37. The van der Waals surface area contributed by atoms with Gasteiger partial charge in [0.05, 0.1) is 5.56 Å². The minimum Gasteiger partial charge on any atom is -0.381 e. The summed E-state index contributed by atoms with van der Waals surface area (Å²) >= 11 is 0. The van der Waals surface area contributed by atoms with Gasteiger partial charge in [-0.25, -0.2) is 4.98 Å². The van der Waals surface area contributed by atoms with Crippen LogP contribution in [-0.2, 0) is 10.9 Å². The number of halogens is 4. The van der Waals surface area contributed by atoms with Crippen molar-refractivity contribution >= 4 is 35.8 Å². The first-order valence-corrected chi connectivity index (χ1v) is 9.36. The molecule has 0 aliphatic heterocycles. The predicted octanol–water partition coefficient (Wildman–Crippen LogP) is 3.50. The van der Waals surface area contributed by atoms with E-state index in [1.165, 1.54) is 25.1 Å². The van der Waals surface area contributed by atoms with Crippen molar-refractivity contribution in [1.29, 1.82) is 0 Å². The Morgan fingerprint density at radius 2 is 2.07 bits per heavy atom. The highest BCUT2D eigenvalue weighted by atomic mass is 127. The number of nitrogens with zero attached hydrogens (tertiary/aromatic N) is 2. The van der Waals surface area contributed by atoms with Crippen molar-refractivity contribution in [2.45, 2.75) is 32.4 Å². The number of pyridine rings is 1. The van der Waals surface area contributed by atoms with Crippen molar-refractivity contribution in [2.75, 3.05) is 44.7 Å². The zero-order valence-corrected chi connectivity index (χ0v) is 18.3. The quantitative estimate of drug-likeness (QED) is 0.182. The molecule has 28 heavy (non-hydrogen) atoms. The largest absolute Gasteiger partial charge is 0.419 e. The van der Waals surface area contributed by atoms with E-state index in [1.54, 1.807) is 0 Å². The van der Waals surface area contributed by atoms with Gasteiger partial charge in [-0.3, -0.25) is 4.99 Å². The highest BCUT2D eigenvalue weighted by molar-refractivity contribution is 14.0. The number of hydrogen-bond donors (Lipinski definition) is 3. The minimum absolute atomic E-state index is 0. The number of rotatable bonds is 11. The van der Waals surface area contributed by atoms with Gasteiger partial charge in [0.25, 0.3) is 0 Å². The number of hydrogen-bond acceptors (Lipinski definition) is 4. The maximum absolute atomic E-state index is 12.9. The Morgan fingerprint density at radius 3 is 2.75 bits per heavy atom. The summed E-state index contributed by atoms with van der Waals surface area (Å²) in [5.41, 5.74) is -0.767. The zero-order valence-electron chi connectivity index (χ0n) is 16.0. The first kappa shape index (κ1) is 24.7. The molecule has 10 heteroatoms. The summed E-state index contributed by atoms with van der Waals surface area (Å²) in [5.74, 6) is 1.23. The fraction of sp³-hybridized carbons (Fsp3) is 0.667. The minimum atomic E-state index is -4.43. The van der Waals surface area contributed by atoms with E-state index in [0.717, 1.165) is 25.0 Å². The molecule has 0 saturated heterocycles. The maximum atomic E-state index is 12.9. The third-order valence-corrected chi connectivity index (χ3v) is 3.93. The van der Waals surface area contributed by atoms with Gasteiger partial charge in [0.2, 0.25) is 0 Å². The van der Waals surface area contributed by atoms with Gasteiger partial charge in [0.1, 0.15) is 5.82 Å². The second kappa shape index (κ2) is 13.0. The molecule has 1 aliphatic rings. The van der Waals surface area contributed by atoms with Crippen molar-refractivity contribution in [3.8, 4) is 0 Å². The van der Waals surface area contributed by atoms with E-state index in [4.69, 9.17) is 4.74 Å². The second-order valence-corrected chi connectivity index (χ2v) is 6.38. The lowest BCUT2D eigenvalue weighted by Gasteiger charge is -2.14. The van der Waals surface area contributed by atoms with Gasteiger partial charge in [-0.15, -0.1) is 24.0 Å². The number of guanidine groups is 1. The summed E-state index contributed by atoms with van der Waals surface area (Å²) < 4.78 is 44.3. The van der Waals surface area contributed by atoms with Crippen LogP contribution in [0.1, 0.15) is 31.7 Å². The molecular formula is C18H29F3IN5O. The van der Waals surface area contributed by atoms with E-state index < -0.39 is 11.7 Å². The van der Waals surface area contributed by atoms with Crippen LogP contribution in [0.25, 0.3) is 0 Å². The zero-order chi connectivity index (χ0) is 19.5. The van der Waals surface area contributed by atoms with Crippen molar-refractivity contribution in [2.24, 2.45) is 10.9 Å². The Balaban J connectivity index is 0.00000392. The lowest BCUT2D eigenvalue weighted by atomic mass is 10.2. The Hall–Kier alpha value is -1.30. The molecular weight excluding hydrogens is 486 g/mol. The lowest BCUT2D eigenvalue weighted by molar-refractivity contribution is -0.137. The summed E-state index contributed by atoms with van der Waals surface area (Å²) in [6, 6.07) is 2.29. The first-order valence-electron chi connectivity index (χ1n) is 9.36. The molecule has 1 aliphatic carbocycles. The van der Waals surface area contributed by atoms with E-state index in [-0.39, 0.29) is 36.3 Å². The van der Waals surface area contributed by atoms with Gasteiger partial charge in [0.15, 0.2) is 5.96 Å². The standard InChI is InChI=1S/C18H28F3N5O.HI/c1-2-22-17(25-9-4-12-27-13-14-6-7-14)26-11-10-24-16-15(18(19,20)21)5-3-8-23-16;/h3,5,8,14H,2,4,6-7,9-13H2,1H3,(H,23,24)(H2,22,25,26);1H. The van der Waals surface area contributed by atoms with Crippen LogP contribution in [0.3, 0.4) is 0 Å². The molecule has 0 aromatic carbocycles. The topological polar surface area (TPSA) is 70.6 Å². The molecule has 0 radical (unpaired) electrons. The SMILES string of the molecule is CCNC(=NCCCOCC1CC1)NCCNc1ncccc1C(F)(F)F.I. The molecule has 160 valence electrons. The molecule has 1 saturated carbocycles. The summed E-state index contributed by atoms with van der Waals surface area (Å²) in [6.45, 7) is 5.54. The van der Waals surface area contributed by atoms with Crippen LogP contribution in [-0.4, -0.2) is 50.3 Å². The van der Waals surface area contributed by atoms with Crippen LogP contribution < -0.4 is 16.0 Å². The Morgan fingerprint density at radius 1 is 1.29 bits per heavy atom. The number of ether oxygens (including phenoxy) is 1. The van der Waals surface area contributed by atoms with Gasteiger partial charge in [-0.05, 0) is 44.2 Å². The summed E-state index contributed by atoms with van der Waals surface area (Å²) in [7, 11) is 0. The van der Waals surface area contributed by atoms with Crippen molar-refractivity contribution in [3.05, 3.63) is 23.9 Å². The number of aromatic nitrogens is 1. The first-order chi connectivity index (χ1) is 13.0. The molecule has 3 N–H and O–H groups in total. The average Bonchev–Trinajstić information content (AvgIpc) is 3.45. The molecule has 0 spiro atoms. The number of nitrogens with one attached hydrogen (secondary N) is 3.